The van der Waals surface area contributed by atoms with Gasteiger partial charge in [-0.3, -0.25) is 29.2 Å². The number of hydrogen-bond acceptors (Lipinski definition) is 13. The van der Waals surface area contributed by atoms with Crippen LogP contribution in [0.2, 0.25) is 30.1 Å². The van der Waals surface area contributed by atoms with E-state index in [0.29, 0.717) is 99.0 Å². The van der Waals surface area contributed by atoms with E-state index in [1.54, 1.807) is 0 Å². The van der Waals surface area contributed by atoms with Gasteiger partial charge in [0.05, 0.1) is 76.7 Å². The SMILES string of the molecule is CC(=O)OC1CCN([C@@H]2CCCC[C@@H]2OCCc2cccc3ccccc23)C1.Cl.Cl.Cl.Cl.Clc1cccc(Cl)c1COC1CCCC[C@H]1N1CCOCC1.O=C1CCN([C@@H]2CCCCC2OCc2c(Cl)cccc2Cl)C1.OC1CCN(C2CCCC[C@@H]2OCCc2c(Cl)cccc2Cl)C1. The number of rotatable bonds is 19. The van der Waals surface area contributed by atoms with Crippen molar-refractivity contribution in [3.63, 3.8) is 0 Å². The van der Waals surface area contributed by atoms with E-state index in [1.807, 2.05) is 54.6 Å². The quantitative estimate of drug-likeness (QED) is 0.0790. The lowest BCUT2D eigenvalue weighted by Crippen LogP contribution is -2.51. The van der Waals surface area contributed by atoms with Crippen LogP contribution in [-0.4, -0.2) is 176 Å². The Morgan fingerprint density at radius 3 is 1.37 bits per heavy atom. The molecule has 5 aromatic carbocycles. The normalized spacial score (nSPS) is 26.0. The number of carbonyl (C=O) groups excluding carboxylic acids is 2. The van der Waals surface area contributed by atoms with Gasteiger partial charge in [0.15, 0.2) is 0 Å². The smallest absolute Gasteiger partial charge is 0.302 e. The first kappa shape index (κ1) is 85.9. The molecule has 0 radical (unpaired) electrons. The zero-order valence-corrected chi connectivity index (χ0v) is 65.0. The van der Waals surface area contributed by atoms with Gasteiger partial charge in [-0.05, 0) is 135 Å². The van der Waals surface area contributed by atoms with Crippen LogP contribution in [0.5, 0.6) is 0 Å². The molecule has 99 heavy (non-hydrogen) atoms. The molecule has 552 valence electrons. The molecule has 4 saturated carbocycles. The van der Waals surface area contributed by atoms with Crippen molar-refractivity contribution in [3.05, 3.63) is 149 Å². The number of fused-ring (bicyclic) bond motifs is 1. The average molecular weight is 1570 g/mol. The molecule has 4 aliphatic heterocycles. The molecule has 0 bridgehead atoms. The van der Waals surface area contributed by atoms with Gasteiger partial charge in [0.25, 0.3) is 0 Å². The fraction of sp³-hybridized carbons (Fsp3) is 0.605. The summed E-state index contributed by atoms with van der Waals surface area (Å²) in [6, 6.07) is 33.6. The lowest BCUT2D eigenvalue weighted by atomic mass is 9.91. The van der Waals surface area contributed by atoms with Crippen LogP contribution in [0.4, 0.5) is 0 Å². The summed E-state index contributed by atoms with van der Waals surface area (Å²) >= 11 is 37.3. The lowest BCUT2D eigenvalue weighted by molar-refractivity contribution is -0.145. The molecule has 0 aromatic heterocycles. The molecule has 4 heterocycles. The first-order valence-electron chi connectivity index (χ1n) is 35.4. The molecule has 4 saturated heterocycles. The van der Waals surface area contributed by atoms with Gasteiger partial charge in [-0.25, -0.2) is 0 Å². The molecule has 4 aliphatic carbocycles. The summed E-state index contributed by atoms with van der Waals surface area (Å²) in [7, 11) is 0. The van der Waals surface area contributed by atoms with Crippen LogP contribution >= 0.6 is 119 Å². The van der Waals surface area contributed by atoms with Crippen molar-refractivity contribution in [2.45, 2.75) is 216 Å². The predicted octanol–water partition coefficient (Wildman–Crippen LogP) is 18.2. The second-order valence-corrected chi connectivity index (χ2v) is 29.5. The van der Waals surface area contributed by atoms with E-state index in [-0.39, 0.29) is 86.1 Å². The molecule has 8 fully saturated rings. The van der Waals surface area contributed by atoms with Crippen LogP contribution in [0.3, 0.4) is 0 Å². The van der Waals surface area contributed by atoms with Gasteiger partial charge in [0, 0.05) is 125 Å². The Morgan fingerprint density at radius 2 is 0.889 bits per heavy atom. The number of carbonyl (C=O) groups is 2. The van der Waals surface area contributed by atoms with E-state index in [4.69, 9.17) is 98.0 Å². The average Bonchev–Trinajstić information content (AvgIpc) is 1.68. The highest BCUT2D eigenvalue weighted by Gasteiger charge is 2.39. The summed E-state index contributed by atoms with van der Waals surface area (Å²) in [6.07, 6.45) is 24.0. The largest absolute Gasteiger partial charge is 0.461 e. The minimum atomic E-state index is -0.168. The second-order valence-electron chi connectivity index (χ2n) is 27.0. The maximum Gasteiger partial charge on any atom is 0.302 e. The number of esters is 1. The molecule has 0 amide bonds. The van der Waals surface area contributed by atoms with Gasteiger partial charge in [0.1, 0.15) is 11.9 Å². The highest BCUT2D eigenvalue weighted by molar-refractivity contribution is 6.37. The van der Waals surface area contributed by atoms with E-state index in [0.717, 1.165) is 140 Å². The molecule has 5 aromatic rings. The summed E-state index contributed by atoms with van der Waals surface area (Å²) < 4.78 is 36.0. The number of halogens is 10. The van der Waals surface area contributed by atoms with Gasteiger partial charge in [0.2, 0.25) is 0 Å². The van der Waals surface area contributed by atoms with E-state index < -0.39 is 0 Å². The number of aliphatic hydroxyl groups excluding tert-OH is 1. The minimum Gasteiger partial charge on any atom is -0.461 e. The van der Waals surface area contributed by atoms with Crippen molar-refractivity contribution in [1.29, 1.82) is 0 Å². The number of ether oxygens (including phenoxy) is 6. The maximum absolute atomic E-state index is 11.6. The molecule has 10 atom stereocenters. The Labute approximate surface area is 643 Å². The van der Waals surface area contributed by atoms with E-state index in [2.05, 4.69) is 62.1 Å². The summed E-state index contributed by atoms with van der Waals surface area (Å²) in [5.41, 5.74) is 4.09. The number of Topliss-reactive ketones (excluding diaryl/α,β-unsaturated/α-hetero) is 1. The predicted molar refractivity (Wildman–Crippen MR) is 413 cm³/mol. The van der Waals surface area contributed by atoms with E-state index >= 15 is 0 Å². The van der Waals surface area contributed by atoms with E-state index in [9.17, 15) is 14.7 Å². The van der Waals surface area contributed by atoms with Crippen LogP contribution in [0.15, 0.2) is 97.1 Å². The minimum absolute atomic E-state index is 0. The fourth-order valence-electron chi connectivity index (χ4n) is 15.7. The Morgan fingerprint density at radius 1 is 0.465 bits per heavy atom. The van der Waals surface area contributed by atoms with Gasteiger partial charge >= 0.3 is 5.97 Å². The lowest BCUT2D eigenvalue weighted by Gasteiger charge is -2.41. The van der Waals surface area contributed by atoms with E-state index in [1.165, 1.54) is 93.9 Å². The highest BCUT2D eigenvalue weighted by atomic mass is 35.5. The Kier molecular flexibility index (Phi) is 38.9. The van der Waals surface area contributed by atoms with Crippen LogP contribution in [-0.2, 0) is 64.1 Å². The number of hydrogen-bond donors (Lipinski definition) is 1. The van der Waals surface area contributed by atoms with Crippen molar-refractivity contribution >= 4 is 142 Å². The topological polar surface area (TPSA) is 123 Å². The zero-order valence-electron chi connectivity index (χ0n) is 57.2. The highest BCUT2D eigenvalue weighted by Crippen LogP contribution is 2.36. The van der Waals surface area contributed by atoms with Crippen LogP contribution in [0, 0.1) is 0 Å². The molecular weight excluding hydrogens is 1470 g/mol. The molecule has 8 aliphatic rings. The van der Waals surface area contributed by atoms with Crippen molar-refractivity contribution in [3.8, 4) is 0 Å². The van der Waals surface area contributed by atoms with Gasteiger partial charge in [-0.1, -0.05) is 182 Å². The van der Waals surface area contributed by atoms with Crippen molar-refractivity contribution in [2.24, 2.45) is 0 Å². The van der Waals surface area contributed by atoms with Crippen molar-refractivity contribution in [2.75, 3.05) is 78.8 Å². The molecule has 23 heteroatoms. The Bertz CT molecular complexity index is 3150. The number of aliphatic hydroxyl groups is 1. The maximum atomic E-state index is 11.6. The number of ketones is 1. The first-order chi connectivity index (χ1) is 46.3. The number of morpholine rings is 1. The monoisotopic (exact) mass is 1570 g/mol. The third-order valence-corrected chi connectivity index (χ3v) is 22.8. The number of benzene rings is 5. The molecule has 0 spiro atoms. The number of β-amino-alcohol motifs (C(OH)–C–C–N with tert-alkyl or cyclic N) is 1. The third-order valence-electron chi connectivity index (χ3n) is 20.7. The first-order valence-corrected chi connectivity index (χ1v) is 37.7. The molecular formula is C76H104Cl10N4O9. The van der Waals surface area contributed by atoms with Gasteiger partial charge < -0.3 is 33.5 Å². The summed E-state index contributed by atoms with van der Waals surface area (Å²) in [5, 5.41) is 16.5. The van der Waals surface area contributed by atoms with Gasteiger partial charge in [-0.15, -0.1) is 49.6 Å². The van der Waals surface area contributed by atoms with Crippen molar-refractivity contribution < 1.29 is 43.1 Å². The molecule has 13 rings (SSSR count). The summed E-state index contributed by atoms with van der Waals surface area (Å²) in [6.45, 7) is 12.6. The standard InChI is InChI=1S/C24H31NO3.C18H25Cl2NO2.C17H23Cl2NO2.C17H21Cl2NO2.4ClH/c1-18(26)28-21-13-15-25(17-21)23-11-4-5-12-24(23)27-16-14-20-9-6-8-19-7-2-3-10-22(19)20;19-15-4-3-5-16(20)14(15)9-11-23-18-7-2-1-6-17(18)21-10-8-13(22)12-21;18-14-4-3-5-15(19)13(14)12-22-17-7-2-1-6-16(17)20-8-10-21-11-9-20;18-14-4-3-5-15(19)13(14)11-22-17-7-2-1-6-16(17)20-9-8-12(21)10-20;;;;/h2-3,6-10,21,23-24H,4-5,11-17H2,1H3;3-5,13,17-18,22H,1-2,6-12H2;3-5,16-17H,1-2,6-12H2;3-5,16-17H,1-2,6-11H2;4*1H/t21?,23-,24+;13?,17?,18-;2*16-,17?;;;;/m1011..../s1. The molecule has 1 N–H and O–H groups in total. The van der Waals surface area contributed by atoms with Crippen LogP contribution in [0.1, 0.15) is 151 Å². The number of nitrogens with zero attached hydrogens (tertiary/aromatic N) is 4. The molecule has 13 nitrogen and oxygen atoms in total. The third kappa shape index (κ3) is 25.6. The van der Waals surface area contributed by atoms with Crippen LogP contribution in [0.25, 0.3) is 10.8 Å². The molecule has 5 unspecified atom stereocenters. The number of likely N-dealkylation sites (tertiary alicyclic amines) is 3. The van der Waals surface area contributed by atoms with Gasteiger partial charge in [-0.2, -0.15) is 0 Å². The van der Waals surface area contributed by atoms with Crippen LogP contribution < -0.4 is 0 Å². The second kappa shape index (κ2) is 44.8. The fourth-order valence-corrected chi connectivity index (χ4v) is 17.3. The summed E-state index contributed by atoms with van der Waals surface area (Å²) in [5.74, 6) is 0.178. The van der Waals surface area contributed by atoms with Crippen molar-refractivity contribution in [1.82, 2.24) is 19.6 Å². The zero-order chi connectivity index (χ0) is 66.5. The summed E-state index contributed by atoms with van der Waals surface area (Å²) in [4.78, 5) is 32.5. The Hall–Kier alpha value is -2.00. The Balaban J connectivity index is 0.000000206.